The lowest BCUT2D eigenvalue weighted by Crippen LogP contribution is -2.11. The van der Waals surface area contributed by atoms with Gasteiger partial charge in [0.1, 0.15) is 0 Å². The van der Waals surface area contributed by atoms with Crippen LogP contribution in [-0.2, 0) is 9.47 Å². The van der Waals surface area contributed by atoms with Crippen molar-refractivity contribution < 1.29 is 14.3 Å². The Morgan fingerprint density at radius 3 is 2.80 bits per heavy atom. The molecule has 1 aliphatic heterocycles. The Kier molecular flexibility index (Phi) is 4.16. The Bertz CT molecular complexity index is 622. The molecule has 2 heterocycles. The third-order valence-electron chi connectivity index (χ3n) is 2.87. The van der Waals surface area contributed by atoms with E-state index in [2.05, 4.69) is 21.2 Å². The van der Waals surface area contributed by atoms with Crippen molar-refractivity contribution in [1.82, 2.24) is 0 Å². The lowest BCUT2D eigenvalue weighted by Gasteiger charge is -2.11. The van der Waals surface area contributed by atoms with Crippen LogP contribution in [0.25, 0.3) is 0 Å². The highest BCUT2D eigenvalue weighted by atomic mass is 79.9. The van der Waals surface area contributed by atoms with Gasteiger partial charge in [-0.2, -0.15) is 0 Å². The minimum Gasteiger partial charge on any atom is -0.346 e. The molecular weight excluding hydrogens is 342 g/mol. The SMILES string of the molecule is O=C(Nc1cccc(C2OCCO2)c1)c1csc(Br)c1. The smallest absolute Gasteiger partial charge is 0.256 e. The first-order chi connectivity index (χ1) is 9.72. The molecule has 2 aromatic rings. The number of carbonyl (C=O) groups is 1. The molecule has 4 nitrogen and oxygen atoms in total. The first-order valence-electron chi connectivity index (χ1n) is 6.11. The molecule has 1 aromatic carbocycles. The summed E-state index contributed by atoms with van der Waals surface area (Å²) in [6.45, 7) is 1.20. The number of ether oxygens (including phenoxy) is 2. The zero-order valence-electron chi connectivity index (χ0n) is 10.5. The van der Waals surface area contributed by atoms with E-state index < -0.39 is 0 Å². The van der Waals surface area contributed by atoms with Crippen LogP contribution in [0.2, 0.25) is 0 Å². The molecule has 1 N–H and O–H groups in total. The maximum atomic E-state index is 12.1. The molecule has 0 spiro atoms. The molecule has 1 amide bonds. The molecule has 1 aliphatic rings. The second kappa shape index (κ2) is 6.05. The van der Waals surface area contributed by atoms with Crippen molar-refractivity contribution >= 4 is 38.9 Å². The van der Waals surface area contributed by atoms with Crippen molar-refractivity contribution in [3.8, 4) is 0 Å². The van der Waals surface area contributed by atoms with Gasteiger partial charge in [0.05, 0.1) is 22.6 Å². The predicted octanol–water partition coefficient (Wildman–Crippen LogP) is 3.81. The zero-order valence-corrected chi connectivity index (χ0v) is 12.9. The van der Waals surface area contributed by atoms with Gasteiger partial charge in [0.25, 0.3) is 5.91 Å². The van der Waals surface area contributed by atoms with Crippen molar-refractivity contribution in [3.63, 3.8) is 0 Å². The van der Waals surface area contributed by atoms with Crippen LogP contribution in [-0.4, -0.2) is 19.1 Å². The van der Waals surface area contributed by atoms with Crippen molar-refractivity contribution in [1.29, 1.82) is 0 Å². The molecule has 0 atom stereocenters. The van der Waals surface area contributed by atoms with Crippen LogP contribution in [0.5, 0.6) is 0 Å². The average molecular weight is 354 g/mol. The van der Waals surface area contributed by atoms with Gasteiger partial charge in [0.2, 0.25) is 0 Å². The molecule has 1 aromatic heterocycles. The summed E-state index contributed by atoms with van der Waals surface area (Å²) in [5, 5.41) is 4.68. The van der Waals surface area contributed by atoms with Gasteiger partial charge in [0.15, 0.2) is 6.29 Å². The molecule has 104 valence electrons. The van der Waals surface area contributed by atoms with Crippen LogP contribution in [0, 0.1) is 0 Å². The lowest BCUT2D eigenvalue weighted by atomic mass is 10.2. The largest absolute Gasteiger partial charge is 0.346 e. The molecule has 0 aliphatic carbocycles. The first-order valence-corrected chi connectivity index (χ1v) is 7.78. The van der Waals surface area contributed by atoms with Gasteiger partial charge < -0.3 is 14.8 Å². The molecule has 0 bridgehead atoms. The number of amides is 1. The maximum absolute atomic E-state index is 12.1. The summed E-state index contributed by atoms with van der Waals surface area (Å²) in [7, 11) is 0. The predicted molar refractivity (Wildman–Crippen MR) is 81.1 cm³/mol. The molecule has 0 saturated carbocycles. The summed E-state index contributed by atoms with van der Waals surface area (Å²) < 4.78 is 11.8. The van der Waals surface area contributed by atoms with E-state index in [9.17, 15) is 4.79 Å². The normalized spacial score (nSPS) is 15.4. The zero-order chi connectivity index (χ0) is 13.9. The Morgan fingerprint density at radius 1 is 1.30 bits per heavy atom. The third kappa shape index (κ3) is 3.09. The van der Waals surface area contributed by atoms with E-state index in [1.807, 2.05) is 29.6 Å². The van der Waals surface area contributed by atoms with Gasteiger partial charge in [-0.15, -0.1) is 11.3 Å². The van der Waals surface area contributed by atoms with E-state index in [0.717, 1.165) is 15.0 Å². The van der Waals surface area contributed by atoms with Crippen molar-refractivity contribution in [2.75, 3.05) is 18.5 Å². The number of benzene rings is 1. The summed E-state index contributed by atoms with van der Waals surface area (Å²) in [6, 6.07) is 9.31. The minimum absolute atomic E-state index is 0.127. The van der Waals surface area contributed by atoms with Gasteiger partial charge in [-0.1, -0.05) is 12.1 Å². The highest BCUT2D eigenvalue weighted by Gasteiger charge is 2.18. The molecule has 3 rings (SSSR count). The molecule has 20 heavy (non-hydrogen) atoms. The van der Waals surface area contributed by atoms with Crippen molar-refractivity contribution in [2.24, 2.45) is 0 Å². The van der Waals surface area contributed by atoms with Crippen LogP contribution < -0.4 is 5.32 Å². The van der Waals surface area contributed by atoms with E-state index in [0.29, 0.717) is 18.8 Å². The van der Waals surface area contributed by atoms with Gasteiger partial charge in [-0.25, -0.2) is 0 Å². The monoisotopic (exact) mass is 353 g/mol. The van der Waals surface area contributed by atoms with Crippen molar-refractivity contribution in [3.05, 3.63) is 50.6 Å². The number of hydrogen-bond acceptors (Lipinski definition) is 4. The first kappa shape index (κ1) is 13.8. The maximum Gasteiger partial charge on any atom is 0.256 e. The van der Waals surface area contributed by atoms with Crippen LogP contribution >= 0.6 is 27.3 Å². The standard InChI is InChI=1S/C14H12BrNO3S/c15-12-7-10(8-20-12)13(17)16-11-3-1-2-9(6-11)14-18-4-5-19-14/h1-3,6-8,14H,4-5H2,(H,16,17). The number of rotatable bonds is 3. The third-order valence-corrected chi connectivity index (χ3v) is 4.37. The van der Waals surface area contributed by atoms with E-state index >= 15 is 0 Å². The molecular formula is C14H12BrNO3S. The fourth-order valence-corrected chi connectivity index (χ4v) is 3.08. The number of carbonyl (C=O) groups excluding carboxylic acids is 1. The van der Waals surface area contributed by atoms with Gasteiger partial charge >= 0.3 is 0 Å². The minimum atomic E-state index is -0.331. The number of halogens is 1. The van der Waals surface area contributed by atoms with Gasteiger partial charge in [0, 0.05) is 16.6 Å². The molecule has 0 unspecified atom stereocenters. The molecule has 0 radical (unpaired) electrons. The summed E-state index contributed by atoms with van der Waals surface area (Å²) >= 11 is 4.83. The second-order valence-electron chi connectivity index (χ2n) is 4.29. The fraction of sp³-hybridized carbons (Fsp3) is 0.214. The number of nitrogens with one attached hydrogen (secondary N) is 1. The van der Waals surface area contributed by atoms with E-state index in [-0.39, 0.29) is 12.2 Å². The Balaban J connectivity index is 1.74. The van der Waals surface area contributed by atoms with Crippen LogP contribution in [0.3, 0.4) is 0 Å². The quantitative estimate of drug-likeness (QED) is 0.912. The van der Waals surface area contributed by atoms with E-state index in [4.69, 9.17) is 9.47 Å². The Labute approximate surface area is 128 Å². The summed E-state index contributed by atoms with van der Waals surface area (Å²) in [6.07, 6.45) is -0.331. The average Bonchev–Trinajstić information content (AvgIpc) is 3.10. The molecule has 6 heteroatoms. The Morgan fingerprint density at radius 2 is 2.10 bits per heavy atom. The van der Waals surface area contributed by atoms with Gasteiger partial charge in [-0.05, 0) is 34.1 Å². The number of thiophene rings is 1. The highest BCUT2D eigenvalue weighted by molar-refractivity contribution is 9.11. The summed E-state index contributed by atoms with van der Waals surface area (Å²) in [5.74, 6) is -0.127. The number of anilines is 1. The van der Waals surface area contributed by atoms with E-state index in [1.165, 1.54) is 11.3 Å². The van der Waals surface area contributed by atoms with E-state index in [1.54, 1.807) is 6.07 Å². The fourth-order valence-electron chi connectivity index (χ4n) is 1.95. The number of hydrogen-bond donors (Lipinski definition) is 1. The topological polar surface area (TPSA) is 47.6 Å². The van der Waals surface area contributed by atoms with Crippen molar-refractivity contribution in [2.45, 2.75) is 6.29 Å². The second-order valence-corrected chi connectivity index (χ2v) is 6.58. The molecule has 1 fully saturated rings. The van der Waals surface area contributed by atoms with Crippen LogP contribution in [0.1, 0.15) is 22.2 Å². The Hall–Kier alpha value is -1.21. The van der Waals surface area contributed by atoms with Crippen LogP contribution in [0.4, 0.5) is 5.69 Å². The lowest BCUT2D eigenvalue weighted by molar-refractivity contribution is -0.0440. The van der Waals surface area contributed by atoms with Gasteiger partial charge in [-0.3, -0.25) is 4.79 Å². The summed E-state index contributed by atoms with van der Waals surface area (Å²) in [5.41, 5.74) is 2.28. The summed E-state index contributed by atoms with van der Waals surface area (Å²) in [4.78, 5) is 12.1. The highest BCUT2D eigenvalue weighted by Crippen LogP contribution is 2.26. The van der Waals surface area contributed by atoms with Crippen LogP contribution in [0.15, 0.2) is 39.5 Å². The molecule has 1 saturated heterocycles.